The van der Waals surface area contributed by atoms with Gasteiger partial charge in [0.05, 0.1) is 5.02 Å². The van der Waals surface area contributed by atoms with Crippen LogP contribution in [0.15, 0.2) is 47.7 Å². The molecular weight excluding hydrogens is 632 g/mol. The molecular formula is C32H43ClN6O8. The lowest BCUT2D eigenvalue weighted by Gasteiger charge is -2.40. The number of carbonyl (C=O) groups is 5. The first-order valence-electron chi connectivity index (χ1n) is 15.1. The van der Waals surface area contributed by atoms with Gasteiger partial charge in [-0.25, -0.2) is 0 Å². The number of primary amides is 1. The van der Waals surface area contributed by atoms with Crippen LogP contribution < -0.4 is 31.7 Å². The van der Waals surface area contributed by atoms with Crippen molar-refractivity contribution in [2.45, 2.75) is 83.3 Å². The van der Waals surface area contributed by atoms with Crippen molar-refractivity contribution in [1.29, 1.82) is 0 Å². The zero-order chi connectivity index (χ0) is 35.4. The summed E-state index contributed by atoms with van der Waals surface area (Å²) in [6.07, 6.45) is 2.06. The van der Waals surface area contributed by atoms with Crippen molar-refractivity contribution in [2.24, 2.45) is 5.73 Å². The van der Waals surface area contributed by atoms with Gasteiger partial charge in [-0.1, -0.05) is 44.2 Å². The third-order valence-electron chi connectivity index (χ3n) is 8.49. The molecule has 5 amide bonds. The molecule has 0 spiro atoms. The van der Waals surface area contributed by atoms with E-state index in [0.29, 0.717) is 12.0 Å². The lowest BCUT2D eigenvalue weighted by atomic mass is 9.90. The van der Waals surface area contributed by atoms with Gasteiger partial charge in [-0.05, 0) is 69.5 Å². The van der Waals surface area contributed by atoms with Gasteiger partial charge < -0.3 is 46.9 Å². The van der Waals surface area contributed by atoms with Crippen LogP contribution in [0.5, 0.6) is 11.5 Å². The number of allylic oxidation sites excluding steroid dienone is 1. The molecule has 2 bridgehead atoms. The second-order valence-electron chi connectivity index (χ2n) is 11.8. The lowest BCUT2D eigenvalue weighted by molar-refractivity contribution is -0.146. The molecule has 14 nitrogen and oxygen atoms in total. The van der Waals surface area contributed by atoms with E-state index in [1.54, 1.807) is 26.8 Å². The van der Waals surface area contributed by atoms with Gasteiger partial charge in [-0.2, -0.15) is 0 Å². The molecule has 0 saturated carbocycles. The number of hydrogen-bond acceptors (Lipinski definition) is 9. The average Bonchev–Trinajstić information content (AvgIpc) is 3.52. The number of fused-ring (bicyclic) bond motifs is 2. The summed E-state index contributed by atoms with van der Waals surface area (Å²) in [4.78, 5) is 68.4. The molecule has 0 radical (unpaired) electrons. The van der Waals surface area contributed by atoms with Crippen LogP contribution in [0.1, 0.15) is 59.1 Å². The van der Waals surface area contributed by atoms with E-state index in [-0.39, 0.29) is 40.6 Å². The second kappa shape index (κ2) is 15.0. The van der Waals surface area contributed by atoms with Gasteiger partial charge in [0.2, 0.25) is 11.8 Å². The number of nitrogens with one attached hydrogen (secondary N) is 4. The van der Waals surface area contributed by atoms with E-state index in [4.69, 9.17) is 22.1 Å². The van der Waals surface area contributed by atoms with Crippen LogP contribution in [0.3, 0.4) is 0 Å². The van der Waals surface area contributed by atoms with E-state index in [2.05, 4.69) is 27.8 Å². The molecule has 2 heterocycles. The topological polar surface area (TPSA) is 212 Å². The van der Waals surface area contributed by atoms with Gasteiger partial charge >= 0.3 is 0 Å². The molecule has 1 aromatic rings. The van der Waals surface area contributed by atoms with Gasteiger partial charge in [0.25, 0.3) is 17.7 Å². The van der Waals surface area contributed by atoms with Crippen molar-refractivity contribution in [2.75, 3.05) is 13.6 Å². The minimum absolute atomic E-state index is 0.0330. The molecule has 0 fully saturated rings. The second-order valence-corrected chi connectivity index (χ2v) is 12.2. The van der Waals surface area contributed by atoms with Gasteiger partial charge in [0, 0.05) is 6.54 Å². The highest BCUT2D eigenvalue weighted by atomic mass is 35.5. The number of likely N-dealkylation sites (N-methyl/N-ethyl adjacent to an activating group) is 1. The number of aromatic hydroxyl groups is 1. The Morgan fingerprint density at radius 3 is 2.40 bits per heavy atom. The zero-order valence-corrected chi connectivity index (χ0v) is 28.0. The van der Waals surface area contributed by atoms with E-state index in [0.717, 1.165) is 0 Å². The third-order valence-corrected chi connectivity index (χ3v) is 8.78. The number of nitrogens with two attached hydrogens (primary N) is 1. The van der Waals surface area contributed by atoms with Crippen molar-refractivity contribution in [1.82, 2.24) is 26.2 Å². The van der Waals surface area contributed by atoms with Crippen molar-refractivity contribution >= 4 is 41.1 Å². The number of rotatable bonds is 8. The molecule has 47 heavy (non-hydrogen) atoms. The van der Waals surface area contributed by atoms with Gasteiger partial charge in [0.15, 0.2) is 11.5 Å². The highest BCUT2D eigenvalue weighted by Gasteiger charge is 2.47. The van der Waals surface area contributed by atoms with Gasteiger partial charge in [0.1, 0.15) is 41.6 Å². The largest absolute Gasteiger partial charge is 0.503 e. The SMILES string of the molecule is C=C(C)C1NC(=O)C(NC)C(O)c2cc(Cl)c(O)c(c2)OC(C)(CC)C(C(=O)N2CC=CC2C(=O)NC(C(N)=O)=C(C)CC)NC1=O. The summed E-state index contributed by atoms with van der Waals surface area (Å²) in [5.41, 5.74) is 4.66. The molecule has 3 rings (SSSR count). The van der Waals surface area contributed by atoms with Crippen molar-refractivity contribution in [3.8, 4) is 11.5 Å². The van der Waals surface area contributed by atoms with Crippen LogP contribution in [0, 0.1) is 0 Å². The number of halogens is 1. The van der Waals surface area contributed by atoms with Crippen LogP contribution in [0.4, 0.5) is 0 Å². The highest BCUT2D eigenvalue weighted by molar-refractivity contribution is 6.32. The summed E-state index contributed by atoms with van der Waals surface area (Å²) in [5.74, 6) is -4.62. The Kier molecular flexibility index (Phi) is 11.8. The molecule has 0 aromatic heterocycles. The zero-order valence-electron chi connectivity index (χ0n) is 27.3. The smallest absolute Gasteiger partial charge is 0.265 e. The number of hydrogen-bond donors (Lipinski definition) is 7. The van der Waals surface area contributed by atoms with Crippen molar-refractivity contribution < 1.29 is 38.9 Å². The summed E-state index contributed by atoms with van der Waals surface area (Å²) in [6, 6.07) is -2.79. The Morgan fingerprint density at radius 1 is 1.19 bits per heavy atom. The number of aliphatic hydroxyl groups is 1. The molecule has 8 N–H and O–H groups in total. The summed E-state index contributed by atoms with van der Waals surface area (Å²) in [6.45, 7) is 11.9. The first-order valence-corrected chi connectivity index (χ1v) is 15.5. The molecule has 0 saturated heterocycles. The molecule has 1 aromatic carbocycles. The van der Waals surface area contributed by atoms with Gasteiger partial charge in [-0.3, -0.25) is 24.0 Å². The number of ether oxygens (including phenoxy) is 1. The first-order chi connectivity index (χ1) is 22.0. The maximum Gasteiger partial charge on any atom is 0.265 e. The first kappa shape index (κ1) is 37.1. The predicted octanol–water partition coefficient (Wildman–Crippen LogP) is 0.826. The Morgan fingerprint density at radius 2 is 1.85 bits per heavy atom. The van der Waals surface area contributed by atoms with E-state index in [9.17, 15) is 34.2 Å². The number of benzene rings is 1. The molecule has 6 unspecified atom stereocenters. The normalized spacial score (nSPS) is 26.8. The Labute approximate surface area is 278 Å². The summed E-state index contributed by atoms with van der Waals surface area (Å²) in [5, 5.41) is 32.4. The number of nitrogens with zero attached hydrogens (tertiary/aromatic N) is 1. The quantitative estimate of drug-likeness (QED) is 0.153. The van der Waals surface area contributed by atoms with Crippen LogP contribution in [-0.2, 0) is 24.0 Å². The van der Waals surface area contributed by atoms with Crippen molar-refractivity contribution in [3.05, 3.63) is 58.3 Å². The third kappa shape index (κ3) is 7.77. The Bertz CT molecular complexity index is 1530. The fourth-order valence-corrected chi connectivity index (χ4v) is 5.51. The molecule has 0 aliphatic carbocycles. The van der Waals surface area contributed by atoms with E-state index >= 15 is 0 Å². The maximum atomic E-state index is 14.5. The standard InChI is InChI=1S/C32H43ClN6O8/c1-8-16(5)22(27(34)42)37-28(43)19-11-10-12-39(19)31(46)26-32(6,9-2)47-20-14-17(13-18(33)25(20)41)24(40)23(35-7)30(45)36-21(15(3)4)29(44)38-26/h10-11,13-14,19,21,23-24,26,35,40-41H,3,8-9,12H2,1-2,4-7H3,(H2,34,42)(H,36,45)(H,37,43)(H,38,44). The predicted molar refractivity (Wildman–Crippen MR) is 174 cm³/mol. The number of carbonyl (C=O) groups excluding carboxylic acids is 5. The lowest BCUT2D eigenvalue weighted by Crippen LogP contribution is -2.65. The fraction of sp³-hybridized carbons (Fsp3) is 0.469. The summed E-state index contributed by atoms with van der Waals surface area (Å²) < 4.78 is 6.29. The fourth-order valence-electron chi connectivity index (χ4n) is 5.29. The molecule has 2 aliphatic rings. The summed E-state index contributed by atoms with van der Waals surface area (Å²) >= 11 is 6.32. The van der Waals surface area contributed by atoms with Gasteiger partial charge in [-0.15, -0.1) is 0 Å². The minimum atomic E-state index is -1.61. The molecule has 2 aliphatic heterocycles. The van der Waals surface area contributed by atoms with E-state index < -0.39 is 71.2 Å². The number of phenols is 1. The summed E-state index contributed by atoms with van der Waals surface area (Å²) in [7, 11) is 1.44. The van der Waals surface area contributed by atoms with E-state index in [1.807, 2.05) is 0 Å². The Balaban J connectivity index is 2.16. The van der Waals surface area contributed by atoms with Crippen LogP contribution in [-0.4, -0.2) is 88.0 Å². The van der Waals surface area contributed by atoms with Crippen LogP contribution in [0.2, 0.25) is 5.02 Å². The number of amides is 5. The minimum Gasteiger partial charge on any atom is -0.503 e. The van der Waals surface area contributed by atoms with Crippen molar-refractivity contribution in [3.63, 3.8) is 0 Å². The number of aliphatic hydroxyl groups excluding tert-OH is 1. The molecule has 15 heteroatoms. The van der Waals surface area contributed by atoms with E-state index in [1.165, 1.54) is 44.0 Å². The monoisotopic (exact) mass is 674 g/mol. The molecule has 6 atom stereocenters. The molecule has 256 valence electrons. The van der Waals surface area contributed by atoms with Crippen LogP contribution in [0.25, 0.3) is 0 Å². The Hall–Kier alpha value is -4.40. The van der Waals surface area contributed by atoms with Crippen LogP contribution >= 0.6 is 11.6 Å². The highest BCUT2D eigenvalue weighted by Crippen LogP contribution is 2.41. The number of phenolic OH excluding ortho intramolecular Hbond substituents is 1. The average molecular weight is 675 g/mol. The maximum absolute atomic E-state index is 14.5.